The van der Waals surface area contributed by atoms with Crippen LogP contribution in [-0.2, 0) is 4.74 Å². The van der Waals surface area contributed by atoms with E-state index in [4.69, 9.17) is 18.6 Å². The molecule has 1 aliphatic heterocycles. The number of carbonyl (C=O) groups is 1. The van der Waals surface area contributed by atoms with Crippen LogP contribution in [0.15, 0.2) is 39.5 Å². The van der Waals surface area contributed by atoms with E-state index in [1.165, 1.54) is 26.2 Å². The van der Waals surface area contributed by atoms with Crippen molar-refractivity contribution in [2.24, 2.45) is 0 Å². The summed E-state index contributed by atoms with van der Waals surface area (Å²) < 4.78 is 21.6. The molecule has 1 fully saturated rings. The van der Waals surface area contributed by atoms with Crippen LogP contribution in [0.1, 0.15) is 17.3 Å². The van der Waals surface area contributed by atoms with Crippen LogP contribution in [-0.4, -0.2) is 70.6 Å². The first-order chi connectivity index (χ1) is 15.3. The van der Waals surface area contributed by atoms with Crippen molar-refractivity contribution < 1.29 is 43.8 Å². The number of methoxy groups -OCH3 is 1. The molecule has 1 aromatic heterocycles. The second-order valence-electron chi connectivity index (χ2n) is 7.49. The third-order valence-electron chi connectivity index (χ3n) is 5.49. The highest BCUT2D eigenvalue weighted by atomic mass is 16.7. The summed E-state index contributed by atoms with van der Waals surface area (Å²) in [6, 6.07) is 7.91. The summed E-state index contributed by atoms with van der Waals surface area (Å²) >= 11 is 0. The number of hydrogen-bond donors (Lipinski definition) is 4. The minimum absolute atomic E-state index is 0.0118. The van der Waals surface area contributed by atoms with Crippen LogP contribution in [0.2, 0.25) is 0 Å². The Kier molecular flexibility index (Phi) is 5.89. The Hall–Kier alpha value is -3.02. The van der Waals surface area contributed by atoms with Crippen LogP contribution < -0.4 is 15.1 Å². The lowest BCUT2D eigenvalue weighted by atomic mass is 9.99. The molecule has 0 saturated carbocycles. The predicted molar refractivity (Wildman–Crippen MR) is 111 cm³/mol. The van der Waals surface area contributed by atoms with Gasteiger partial charge >= 0.3 is 5.63 Å². The molecule has 170 valence electrons. The summed E-state index contributed by atoms with van der Waals surface area (Å²) in [5, 5.41) is 40.8. The molecule has 0 spiro atoms. The normalized spacial score (nSPS) is 25.8. The van der Waals surface area contributed by atoms with Crippen LogP contribution in [0.4, 0.5) is 0 Å². The molecular weight excluding hydrogens is 424 g/mol. The lowest BCUT2D eigenvalue weighted by Crippen LogP contribution is -2.60. The predicted octanol–water partition coefficient (Wildman–Crippen LogP) is 0.336. The van der Waals surface area contributed by atoms with E-state index in [-0.39, 0.29) is 22.3 Å². The van der Waals surface area contributed by atoms with Gasteiger partial charge in [0.25, 0.3) is 0 Å². The van der Waals surface area contributed by atoms with E-state index in [9.17, 15) is 30.0 Å². The summed E-state index contributed by atoms with van der Waals surface area (Å²) in [6.07, 6.45) is -7.56. The van der Waals surface area contributed by atoms with E-state index < -0.39 is 48.7 Å². The van der Waals surface area contributed by atoms with E-state index >= 15 is 0 Å². The third-order valence-corrected chi connectivity index (χ3v) is 5.49. The second-order valence-corrected chi connectivity index (χ2v) is 7.49. The van der Waals surface area contributed by atoms with Gasteiger partial charge in [-0.1, -0.05) is 0 Å². The van der Waals surface area contributed by atoms with Crippen LogP contribution in [0.3, 0.4) is 0 Å². The van der Waals surface area contributed by atoms with Gasteiger partial charge in [-0.15, -0.1) is 0 Å². The van der Waals surface area contributed by atoms with Crippen LogP contribution >= 0.6 is 0 Å². The van der Waals surface area contributed by atoms with Gasteiger partial charge in [-0.25, -0.2) is 4.79 Å². The van der Waals surface area contributed by atoms with Gasteiger partial charge < -0.3 is 39.1 Å². The second kappa shape index (κ2) is 8.49. The zero-order valence-corrected chi connectivity index (χ0v) is 17.2. The number of Topliss-reactive ketones (excluding diaryl/α,β-unsaturated/α-hetero) is 1. The molecule has 1 aliphatic rings. The highest BCUT2D eigenvalue weighted by Crippen LogP contribution is 2.34. The average Bonchev–Trinajstić information content (AvgIpc) is 2.78. The lowest BCUT2D eigenvalue weighted by molar-refractivity contribution is -0.277. The van der Waals surface area contributed by atoms with Crippen molar-refractivity contribution in [3.63, 3.8) is 0 Å². The SMILES string of the molecule is COc1ccc2c(c1)c(=O)oc1c(C(C)=O)c(O[C@@H]3O[C@H](CO)[C@@H](O)[C@H](O)[C@H]3O)ccc12. The molecular formula is C22H22O10. The smallest absolute Gasteiger partial charge is 0.344 e. The van der Waals surface area contributed by atoms with Crippen molar-refractivity contribution >= 4 is 27.5 Å². The molecule has 4 rings (SSSR count). The minimum Gasteiger partial charge on any atom is -0.497 e. The largest absolute Gasteiger partial charge is 0.497 e. The molecule has 0 unspecified atom stereocenters. The summed E-state index contributed by atoms with van der Waals surface area (Å²) in [5.41, 5.74) is -0.754. The molecule has 10 heteroatoms. The first kappa shape index (κ1) is 22.2. The molecule has 3 aromatic rings. The fourth-order valence-electron chi connectivity index (χ4n) is 3.81. The van der Waals surface area contributed by atoms with Gasteiger partial charge in [-0.05, 0) is 37.3 Å². The fourth-order valence-corrected chi connectivity index (χ4v) is 3.81. The number of hydrogen-bond acceptors (Lipinski definition) is 10. The van der Waals surface area contributed by atoms with Gasteiger partial charge in [-0.2, -0.15) is 0 Å². The summed E-state index contributed by atoms with van der Waals surface area (Å²) in [7, 11) is 1.47. The quantitative estimate of drug-likeness (QED) is 0.245. The Morgan fingerprint density at radius 2 is 1.75 bits per heavy atom. The third kappa shape index (κ3) is 3.61. The zero-order chi connectivity index (χ0) is 23.2. The number of fused-ring (bicyclic) bond motifs is 3. The molecule has 0 radical (unpaired) electrons. The van der Waals surface area contributed by atoms with Gasteiger partial charge in [0.05, 0.1) is 19.1 Å². The van der Waals surface area contributed by atoms with Crippen LogP contribution in [0.5, 0.6) is 11.5 Å². The highest BCUT2D eigenvalue weighted by molar-refractivity contribution is 6.13. The number of aliphatic hydroxyl groups is 4. The number of benzene rings is 2. The van der Waals surface area contributed by atoms with Crippen LogP contribution in [0.25, 0.3) is 21.7 Å². The van der Waals surface area contributed by atoms with E-state index in [0.29, 0.717) is 16.5 Å². The molecule has 0 aliphatic carbocycles. The number of rotatable bonds is 5. The minimum atomic E-state index is -1.67. The Bertz CT molecular complexity index is 1230. The summed E-state index contributed by atoms with van der Waals surface area (Å²) in [5.74, 6) is -0.0740. The number of ketones is 1. The molecule has 2 heterocycles. The topological polar surface area (TPSA) is 156 Å². The van der Waals surface area contributed by atoms with E-state index in [1.807, 2.05) is 0 Å². The van der Waals surface area contributed by atoms with E-state index in [1.54, 1.807) is 18.2 Å². The van der Waals surface area contributed by atoms with Crippen molar-refractivity contribution in [3.05, 3.63) is 46.3 Å². The zero-order valence-electron chi connectivity index (χ0n) is 17.2. The molecule has 1 saturated heterocycles. The fraction of sp³-hybridized carbons (Fsp3) is 0.364. The van der Waals surface area contributed by atoms with Gasteiger partial charge in [-0.3, -0.25) is 4.79 Å². The van der Waals surface area contributed by atoms with E-state index in [2.05, 4.69) is 0 Å². The molecule has 4 N–H and O–H groups in total. The highest BCUT2D eigenvalue weighted by Gasteiger charge is 2.45. The average molecular weight is 446 g/mol. The van der Waals surface area contributed by atoms with Gasteiger partial charge in [0, 0.05) is 10.8 Å². The first-order valence-corrected chi connectivity index (χ1v) is 9.82. The molecule has 0 amide bonds. The Morgan fingerprint density at radius 3 is 2.41 bits per heavy atom. The molecule has 32 heavy (non-hydrogen) atoms. The summed E-state index contributed by atoms with van der Waals surface area (Å²) in [4.78, 5) is 25.1. The maximum absolute atomic E-state index is 12.6. The molecule has 2 aromatic carbocycles. The lowest BCUT2D eigenvalue weighted by Gasteiger charge is -2.39. The monoisotopic (exact) mass is 446 g/mol. The summed E-state index contributed by atoms with van der Waals surface area (Å²) in [6.45, 7) is 0.625. The number of aliphatic hydroxyl groups excluding tert-OH is 4. The maximum Gasteiger partial charge on any atom is 0.344 e. The Labute approximate surface area is 181 Å². The van der Waals surface area contributed by atoms with Crippen molar-refractivity contribution in [3.8, 4) is 11.5 Å². The van der Waals surface area contributed by atoms with Gasteiger partial charge in [0.1, 0.15) is 41.5 Å². The van der Waals surface area contributed by atoms with Crippen molar-refractivity contribution in [2.75, 3.05) is 13.7 Å². The van der Waals surface area contributed by atoms with E-state index in [0.717, 1.165) is 0 Å². The number of carbonyl (C=O) groups excluding carboxylic acids is 1. The molecule has 0 bridgehead atoms. The van der Waals surface area contributed by atoms with Gasteiger partial charge in [0.2, 0.25) is 6.29 Å². The van der Waals surface area contributed by atoms with Gasteiger partial charge in [0.15, 0.2) is 11.4 Å². The maximum atomic E-state index is 12.6. The first-order valence-electron chi connectivity index (χ1n) is 9.82. The van der Waals surface area contributed by atoms with Crippen molar-refractivity contribution in [1.29, 1.82) is 0 Å². The standard InChI is InChI=1S/C22H22O10/c1-9(24)16-14(30-22-19(27)18(26)17(25)15(8-23)31-22)6-5-12-11-4-3-10(29-2)7-13(11)21(28)32-20(12)16/h3-7,15,17-19,22-23,25-27H,8H2,1-2H3/t15-,17-,18+,19-,22-/m1/s1. The molecule has 10 nitrogen and oxygen atoms in total. The van der Waals surface area contributed by atoms with Crippen molar-refractivity contribution in [2.45, 2.75) is 37.6 Å². The molecule has 5 atom stereocenters. The Balaban J connectivity index is 1.84. The Morgan fingerprint density at radius 1 is 1.03 bits per heavy atom. The van der Waals surface area contributed by atoms with Crippen LogP contribution in [0, 0.1) is 0 Å². The number of ether oxygens (including phenoxy) is 3. The van der Waals surface area contributed by atoms with Crippen molar-refractivity contribution in [1.82, 2.24) is 0 Å².